The van der Waals surface area contributed by atoms with Gasteiger partial charge in [-0.15, -0.1) is 0 Å². The van der Waals surface area contributed by atoms with Crippen LogP contribution < -0.4 is 5.32 Å². The van der Waals surface area contributed by atoms with Gasteiger partial charge in [-0.3, -0.25) is 4.52 Å². The maximum Gasteiger partial charge on any atom is 0.469 e. The van der Waals surface area contributed by atoms with Gasteiger partial charge in [-0.05, 0) is 11.8 Å². The summed E-state index contributed by atoms with van der Waals surface area (Å²) in [4.78, 5) is 17.5. The Bertz CT molecular complexity index is 233. The van der Waals surface area contributed by atoms with Gasteiger partial charge in [0.15, 0.2) is 0 Å². The van der Waals surface area contributed by atoms with Crippen molar-refractivity contribution in [1.82, 2.24) is 5.32 Å². The van der Waals surface area contributed by atoms with E-state index in [4.69, 9.17) is 14.3 Å². The zero-order valence-corrected chi connectivity index (χ0v) is 11.5. The highest BCUT2D eigenvalue weighted by Gasteiger charge is 2.21. The zero-order chi connectivity index (χ0) is 12.8. The van der Waals surface area contributed by atoms with Crippen LogP contribution in [-0.4, -0.2) is 29.0 Å². The fraction of sp³-hybridized carbons (Fsp3) is 1.00. The van der Waals surface area contributed by atoms with Crippen molar-refractivity contribution in [2.24, 2.45) is 5.41 Å². The molecule has 0 aromatic rings. The Labute approximate surface area is 97.8 Å². The number of hydrogen-bond acceptors (Lipinski definition) is 3. The fourth-order valence-corrected chi connectivity index (χ4v) is 1.88. The summed E-state index contributed by atoms with van der Waals surface area (Å²) >= 11 is 0. The maximum absolute atomic E-state index is 10.7. The third kappa shape index (κ3) is 10.6. The molecule has 0 rings (SSSR count). The van der Waals surface area contributed by atoms with E-state index in [9.17, 15) is 4.57 Å². The first-order chi connectivity index (χ1) is 7.14. The highest BCUT2D eigenvalue weighted by molar-refractivity contribution is 7.46. The van der Waals surface area contributed by atoms with Crippen molar-refractivity contribution in [2.75, 3.05) is 13.1 Å². The third-order valence-corrected chi connectivity index (χ3v) is 2.50. The van der Waals surface area contributed by atoms with Crippen LogP contribution >= 0.6 is 7.82 Å². The van der Waals surface area contributed by atoms with Gasteiger partial charge in [-0.2, -0.15) is 0 Å². The minimum Gasteiger partial charge on any atom is -0.314 e. The summed E-state index contributed by atoms with van der Waals surface area (Å²) in [5.74, 6) is 0. The highest BCUT2D eigenvalue weighted by atomic mass is 31.2. The quantitative estimate of drug-likeness (QED) is 0.604. The predicted molar refractivity (Wildman–Crippen MR) is 64.1 cm³/mol. The van der Waals surface area contributed by atoms with Crippen molar-refractivity contribution >= 4 is 7.82 Å². The van der Waals surface area contributed by atoms with Crippen LogP contribution in [0.1, 0.15) is 40.5 Å². The van der Waals surface area contributed by atoms with Gasteiger partial charge >= 0.3 is 7.82 Å². The van der Waals surface area contributed by atoms with Crippen molar-refractivity contribution in [3.8, 4) is 0 Å². The third-order valence-electron chi connectivity index (χ3n) is 1.92. The van der Waals surface area contributed by atoms with Gasteiger partial charge in [0.1, 0.15) is 0 Å². The molecule has 0 aromatic heterocycles. The molecule has 0 amide bonds. The zero-order valence-electron chi connectivity index (χ0n) is 10.6. The highest BCUT2D eigenvalue weighted by Crippen LogP contribution is 2.38. The summed E-state index contributed by atoms with van der Waals surface area (Å²) in [6, 6.07) is 0. The number of rotatable bonds is 7. The van der Waals surface area contributed by atoms with E-state index in [1.807, 2.05) is 6.92 Å². The van der Waals surface area contributed by atoms with Crippen molar-refractivity contribution < 1.29 is 18.9 Å². The Morgan fingerprint density at radius 3 is 2.31 bits per heavy atom. The molecule has 16 heavy (non-hydrogen) atoms. The number of phosphoric ester groups is 1. The fourth-order valence-electron chi connectivity index (χ4n) is 1.32. The summed E-state index contributed by atoms with van der Waals surface area (Å²) in [7, 11) is -4.37. The second kappa shape index (κ2) is 6.72. The Balaban J connectivity index is 4.00. The summed E-state index contributed by atoms with van der Waals surface area (Å²) < 4.78 is 15.4. The van der Waals surface area contributed by atoms with E-state index in [-0.39, 0.29) is 5.41 Å². The van der Waals surface area contributed by atoms with Crippen molar-refractivity contribution in [1.29, 1.82) is 0 Å². The summed E-state index contributed by atoms with van der Waals surface area (Å²) in [5.41, 5.74) is 0.152. The predicted octanol–water partition coefficient (Wildman–Crippen LogP) is 1.90. The average molecular weight is 253 g/mol. The lowest BCUT2D eigenvalue weighted by Crippen LogP contribution is -2.34. The molecule has 0 aromatic carbocycles. The minimum atomic E-state index is -4.37. The monoisotopic (exact) mass is 253 g/mol. The van der Waals surface area contributed by atoms with Crippen LogP contribution in [0.4, 0.5) is 0 Å². The lowest BCUT2D eigenvalue weighted by molar-refractivity contribution is 0.122. The Morgan fingerprint density at radius 1 is 1.38 bits per heavy atom. The number of phosphoric acid groups is 1. The smallest absolute Gasteiger partial charge is 0.314 e. The van der Waals surface area contributed by atoms with E-state index in [2.05, 4.69) is 26.1 Å². The minimum absolute atomic E-state index is 0.152. The maximum atomic E-state index is 10.7. The van der Waals surface area contributed by atoms with Crippen LogP contribution in [0.5, 0.6) is 0 Å². The van der Waals surface area contributed by atoms with Crippen LogP contribution in [-0.2, 0) is 9.09 Å². The standard InChI is InChI=1S/C10H24NO4P/c1-5-6-9(15-16(12,13)14)7-11-8-10(2,3)4/h9,11H,5-8H2,1-4H3,(H2,12,13,14). The molecule has 0 fully saturated rings. The molecule has 6 heteroatoms. The van der Waals surface area contributed by atoms with E-state index in [0.717, 1.165) is 13.0 Å². The van der Waals surface area contributed by atoms with E-state index in [0.29, 0.717) is 13.0 Å². The molecule has 5 nitrogen and oxygen atoms in total. The topological polar surface area (TPSA) is 78.8 Å². The van der Waals surface area contributed by atoms with Crippen LogP contribution in [0.25, 0.3) is 0 Å². The van der Waals surface area contributed by atoms with Crippen LogP contribution in [0.2, 0.25) is 0 Å². The average Bonchev–Trinajstić information content (AvgIpc) is 1.98. The summed E-state index contributed by atoms with van der Waals surface area (Å²) in [6.07, 6.45) is 1.05. The molecule has 0 aliphatic heterocycles. The lowest BCUT2D eigenvalue weighted by Gasteiger charge is -2.22. The van der Waals surface area contributed by atoms with Gasteiger partial charge in [-0.1, -0.05) is 34.1 Å². The van der Waals surface area contributed by atoms with Crippen LogP contribution in [0, 0.1) is 5.41 Å². The van der Waals surface area contributed by atoms with E-state index in [1.165, 1.54) is 0 Å². The Kier molecular flexibility index (Phi) is 6.75. The van der Waals surface area contributed by atoms with Gasteiger partial charge < -0.3 is 15.1 Å². The van der Waals surface area contributed by atoms with Gasteiger partial charge in [0.05, 0.1) is 6.10 Å². The molecule has 0 radical (unpaired) electrons. The SMILES string of the molecule is CCCC(CNCC(C)(C)C)OP(=O)(O)O. The van der Waals surface area contributed by atoms with E-state index in [1.54, 1.807) is 0 Å². The van der Waals surface area contributed by atoms with Gasteiger partial charge in [0.2, 0.25) is 0 Å². The van der Waals surface area contributed by atoms with Gasteiger partial charge in [0, 0.05) is 13.1 Å². The molecule has 0 bridgehead atoms. The lowest BCUT2D eigenvalue weighted by atomic mass is 9.97. The molecule has 0 saturated carbocycles. The first kappa shape index (κ1) is 16.1. The number of nitrogens with one attached hydrogen (secondary N) is 1. The summed E-state index contributed by atoms with van der Waals surface area (Å²) in [6.45, 7) is 9.50. The molecule has 0 saturated heterocycles. The van der Waals surface area contributed by atoms with Crippen LogP contribution in [0.3, 0.4) is 0 Å². The van der Waals surface area contributed by atoms with Crippen molar-refractivity contribution in [3.05, 3.63) is 0 Å². The Morgan fingerprint density at radius 2 is 1.94 bits per heavy atom. The van der Waals surface area contributed by atoms with E-state index < -0.39 is 13.9 Å². The first-order valence-corrected chi connectivity index (χ1v) is 7.12. The molecule has 0 heterocycles. The molecule has 98 valence electrons. The normalized spacial score (nSPS) is 15.1. The summed E-state index contributed by atoms with van der Waals surface area (Å²) in [5, 5.41) is 3.16. The van der Waals surface area contributed by atoms with Crippen molar-refractivity contribution in [2.45, 2.75) is 46.6 Å². The van der Waals surface area contributed by atoms with Gasteiger partial charge in [-0.25, -0.2) is 4.57 Å². The Hall–Kier alpha value is 0.0700. The molecule has 1 atom stereocenters. The second-order valence-corrected chi connectivity index (χ2v) is 6.39. The molecular formula is C10H24NO4P. The molecule has 3 N–H and O–H groups in total. The van der Waals surface area contributed by atoms with Crippen molar-refractivity contribution in [3.63, 3.8) is 0 Å². The second-order valence-electron chi connectivity index (χ2n) is 5.20. The van der Waals surface area contributed by atoms with Crippen LogP contribution in [0.15, 0.2) is 0 Å². The van der Waals surface area contributed by atoms with E-state index >= 15 is 0 Å². The molecule has 0 spiro atoms. The largest absolute Gasteiger partial charge is 0.469 e. The first-order valence-electron chi connectivity index (χ1n) is 5.59. The molecule has 1 unspecified atom stereocenters. The molecule has 0 aliphatic rings. The molecule has 0 aliphatic carbocycles. The molecular weight excluding hydrogens is 229 g/mol. The van der Waals surface area contributed by atoms with Gasteiger partial charge in [0.25, 0.3) is 0 Å². The number of hydrogen-bond donors (Lipinski definition) is 3.